The average molecular weight is 406 g/mol. The number of nitrogen functional groups attached to an aromatic ring is 1. The van der Waals surface area contributed by atoms with Crippen molar-refractivity contribution in [3.8, 4) is 5.88 Å². The van der Waals surface area contributed by atoms with Gasteiger partial charge in [0.05, 0.1) is 30.2 Å². The fourth-order valence-corrected chi connectivity index (χ4v) is 2.49. The zero-order chi connectivity index (χ0) is 22.0. The van der Waals surface area contributed by atoms with Crippen molar-refractivity contribution >= 4 is 25.1 Å². The summed E-state index contributed by atoms with van der Waals surface area (Å²) in [7, 11) is 0.785. The SMILES string of the molecule is COc1nc(C=C(CNC(=O)OC(C)(C)C)B2OC(C)(C)C(C)(C)O2)cnc1N. The molecular weight excluding hydrogens is 375 g/mol. The Bertz CT molecular complexity index is 773. The van der Waals surface area contributed by atoms with E-state index in [1.165, 1.54) is 13.3 Å². The first-order valence-corrected chi connectivity index (χ1v) is 9.43. The number of hydrogen-bond acceptors (Lipinski definition) is 8. The van der Waals surface area contributed by atoms with Crippen LogP contribution in [0.2, 0.25) is 0 Å². The van der Waals surface area contributed by atoms with Crippen molar-refractivity contribution in [2.24, 2.45) is 0 Å². The van der Waals surface area contributed by atoms with Crippen molar-refractivity contribution in [3.63, 3.8) is 0 Å². The summed E-state index contributed by atoms with van der Waals surface area (Å²) in [6.45, 7) is 13.4. The van der Waals surface area contributed by atoms with Gasteiger partial charge in [0.2, 0.25) is 0 Å². The van der Waals surface area contributed by atoms with E-state index < -0.39 is 30.0 Å². The Hall–Kier alpha value is -2.33. The minimum atomic E-state index is -0.680. The Morgan fingerprint density at radius 2 is 1.86 bits per heavy atom. The highest BCUT2D eigenvalue weighted by Gasteiger charge is 2.52. The summed E-state index contributed by atoms with van der Waals surface area (Å²) >= 11 is 0. The number of alkyl carbamates (subject to hydrolysis) is 1. The summed E-state index contributed by atoms with van der Waals surface area (Å²) in [5.74, 6) is 0.404. The summed E-state index contributed by atoms with van der Waals surface area (Å²) in [5.41, 5.74) is 5.21. The zero-order valence-electron chi connectivity index (χ0n) is 18.5. The number of nitrogens with two attached hydrogens (primary N) is 1. The fourth-order valence-electron chi connectivity index (χ4n) is 2.49. The van der Waals surface area contributed by atoms with Gasteiger partial charge in [-0.15, -0.1) is 0 Å². The van der Waals surface area contributed by atoms with Crippen LogP contribution in [0.4, 0.5) is 10.6 Å². The van der Waals surface area contributed by atoms with Crippen molar-refractivity contribution in [1.29, 1.82) is 0 Å². The number of carbonyl (C=O) groups is 1. The molecule has 29 heavy (non-hydrogen) atoms. The lowest BCUT2D eigenvalue weighted by atomic mass is 9.77. The van der Waals surface area contributed by atoms with E-state index in [9.17, 15) is 4.79 Å². The number of rotatable bonds is 5. The molecule has 0 radical (unpaired) electrons. The minimum Gasteiger partial charge on any atom is -0.478 e. The molecule has 1 aliphatic heterocycles. The van der Waals surface area contributed by atoms with E-state index in [2.05, 4.69) is 15.3 Å². The number of anilines is 1. The predicted octanol–water partition coefficient (Wildman–Crippen LogP) is 2.61. The summed E-state index contributed by atoms with van der Waals surface area (Å²) in [6.07, 6.45) is 2.70. The Morgan fingerprint density at radius 3 is 2.38 bits per heavy atom. The highest BCUT2D eigenvalue weighted by Crippen LogP contribution is 2.38. The lowest BCUT2D eigenvalue weighted by Crippen LogP contribution is -2.41. The quantitative estimate of drug-likeness (QED) is 0.717. The molecule has 10 heteroatoms. The van der Waals surface area contributed by atoms with E-state index in [4.69, 9.17) is 24.5 Å². The normalized spacial score (nSPS) is 18.5. The number of methoxy groups -OCH3 is 1. The molecule has 1 fully saturated rings. The van der Waals surface area contributed by atoms with Crippen LogP contribution in [0.1, 0.15) is 54.2 Å². The molecule has 0 bridgehead atoms. The summed E-state index contributed by atoms with van der Waals surface area (Å²) in [5, 5.41) is 2.74. The van der Waals surface area contributed by atoms with Gasteiger partial charge in [-0.05, 0) is 60.0 Å². The van der Waals surface area contributed by atoms with Crippen LogP contribution in [0, 0.1) is 0 Å². The number of hydrogen-bond donors (Lipinski definition) is 2. The Labute approximate surface area is 172 Å². The van der Waals surface area contributed by atoms with Crippen LogP contribution in [-0.2, 0) is 14.0 Å². The smallest absolute Gasteiger partial charge is 0.478 e. The predicted molar refractivity (Wildman–Crippen MR) is 111 cm³/mol. The van der Waals surface area contributed by atoms with E-state index >= 15 is 0 Å². The highest BCUT2D eigenvalue weighted by molar-refractivity contribution is 6.56. The molecule has 3 N–H and O–H groups in total. The van der Waals surface area contributed by atoms with E-state index in [1.54, 1.807) is 26.8 Å². The summed E-state index contributed by atoms with van der Waals surface area (Å²) in [6, 6.07) is 0. The van der Waals surface area contributed by atoms with Gasteiger partial charge in [0.25, 0.3) is 5.88 Å². The van der Waals surface area contributed by atoms with Crippen LogP contribution >= 0.6 is 0 Å². The summed E-state index contributed by atoms with van der Waals surface area (Å²) < 4.78 is 22.7. The Kier molecular flexibility index (Phi) is 6.49. The van der Waals surface area contributed by atoms with Gasteiger partial charge in [-0.3, -0.25) is 0 Å². The molecular formula is C19H31BN4O5. The third-order valence-electron chi connectivity index (χ3n) is 4.70. The number of carbonyl (C=O) groups excluding carboxylic acids is 1. The monoisotopic (exact) mass is 406 g/mol. The minimum absolute atomic E-state index is 0.139. The largest absolute Gasteiger partial charge is 0.492 e. The van der Waals surface area contributed by atoms with E-state index in [-0.39, 0.29) is 18.2 Å². The molecule has 160 valence electrons. The molecule has 1 aliphatic rings. The van der Waals surface area contributed by atoms with Gasteiger partial charge in [-0.1, -0.05) is 0 Å². The number of amides is 1. The molecule has 0 aliphatic carbocycles. The van der Waals surface area contributed by atoms with Crippen LogP contribution in [0.15, 0.2) is 11.7 Å². The van der Waals surface area contributed by atoms with E-state index in [1.807, 2.05) is 27.7 Å². The van der Waals surface area contributed by atoms with Crippen LogP contribution in [0.5, 0.6) is 5.88 Å². The molecule has 0 unspecified atom stereocenters. The van der Waals surface area contributed by atoms with Crippen molar-refractivity contribution in [2.45, 2.75) is 65.3 Å². The van der Waals surface area contributed by atoms with Gasteiger partial charge < -0.3 is 29.8 Å². The molecule has 1 aromatic rings. The molecule has 2 rings (SSSR count). The molecule has 0 saturated carbocycles. The topological polar surface area (TPSA) is 118 Å². The first kappa shape index (κ1) is 23.0. The molecule has 2 heterocycles. The van der Waals surface area contributed by atoms with Crippen LogP contribution in [0.3, 0.4) is 0 Å². The second-order valence-electron chi connectivity index (χ2n) is 8.85. The standard InChI is InChI=1S/C19H31BN4O5/c1-17(2,3)27-16(25)23-10-12(20-28-18(4,5)19(6,7)29-20)9-13-11-22-14(21)15(24-13)26-8/h9,11H,10H2,1-8H3,(H2,21,22)(H,23,25). The van der Waals surface area contributed by atoms with Crippen molar-refractivity contribution in [2.75, 3.05) is 19.4 Å². The van der Waals surface area contributed by atoms with Gasteiger partial charge in [0.1, 0.15) is 5.60 Å². The van der Waals surface area contributed by atoms with Crippen molar-refractivity contribution in [3.05, 3.63) is 17.4 Å². The van der Waals surface area contributed by atoms with Gasteiger partial charge >= 0.3 is 13.2 Å². The second kappa shape index (κ2) is 8.20. The molecule has 1 saturated heterocycles. The third kappa shape index (κ3) is 5.83. The van der Waals surface area contributed by atoms with Crippen LogP contribution < -0.4 is 15.8 Å². The number of aromatic nitrogens is 2. The van der Waals surface area contributed by atoms with Gasteiger partial charge in [0, 0.05) is 6.54 Å². The van der Waals surface area contributed by atoms with Crippen molar-refractivity contribution in [1.82, 2.24) is 15.3 Å². The molecule has 0 atom stereocenters. The zero-order valence-corrected chi connectivity index (χ0v) is 18.5. The highest BCUT2D eigenvalue weighted by atomic mass is 16.7. The third-order valence-corrected chi connectivity index (χ3v) is 4.70. The number of nitrogens with zero attached hydrogens (tertiary/aromatic N) is 2. The average Bonchev–Trinajstić information content (AvgIpc) is 2.79. The first-order valence-electron chi connectivity index (χ1n) is 9.43. The lowest BCUT2D eigenvalue weighted by molar-refractivity contribution is 0.00578. The number of nitrogens with one attached hydrogen (secondary N) is 1. The lowest BCUT2D eigenvalue weighted by Gasteiger charge is -2.32. The maximum Gasteiger partial charge on any atom is 0.492 e. The molecule has 0 aromatic carbocycles. The Morgan fingerprint density at radius 1 is 1.28 bits per heavy atom. The maximum atomic E-state index is 12.1. The molecule has 9 nitrogen and oxygen atoms in total. The van der Waals surface area contributed by atoms with Gasteiger partial charge in [-0.25, -0.2) is 14.8 Å². The molecule has 0 spiro atoms. The molecule has 1 amide bonds. The van der Waals surface area contributed by atoms with E-state index in [0.717, 1.165) is 0 Å². The summed E-state index contributed by atoms with van der Waals surface area (Å²) in [4.78, 5) is 20.5. The van der Waals surface area contributed by atoms with Gasteiger partial charge in [-0.2, -0.15) is 0 Å². The van der Waals surface area contributed by atoms with Crippen LogP contribution in [0.25, 0.3) is 6.08 Å². The maximum absolute atomic E-state index is 12.1. The van der Waals surface area contributed by atoms with Gasteiger partial charge in [0.15, 0.2) is 5.82 Å². The van der Waals surface area contributed by atoms with E-state index in [0.29, 0.717) is 11.2 Å². The number of ether oxygens (including phenoxy) is 2. The molecule has 1 aromatic heterocycles. The first-order chi connectivity index (χ1) is 13.2. The Balaban J connectivity index is 2.30. The van der Waals surface area contributed by atoms with Crippen molar-refractivity contribution < 1.29 is 23.6 Å². The van der Waals surface area contributed by atoms with Crippen LogP contribution in [-0.4, -0.2) is 53.6 Å². The second-order valence-corrected chi connectivity index (χ2v) is 8.85. The fraction of sp³-hybridized carbons (Fsp3) is 0.632.